The fourth-order valence-corrected chi connectivity index (χ4v) is 11.3. The minimum absolute atomic E-state index is 0.294. The van der Waals surface area contributed by atoms with Crippen LogP contribution in [0.25, 0.3) is 77.3 Å². The molecule has 0 aromatic heterocycles. The summed E-state index contributed by atoms with van der Waals surface area (Å²) in [6, 6.07) is 51.9. The molecule has 0 radical (unpaired) electrons. The molecule has 4 aliphatic carbocycles. The molecule has 8 aromatic rings. The number of hydrogen-bond acceptors (Lipinski definition) is 1. The lowest BCUT2D eigenvalue weighted by molar-refractivity contribution is 0.481. The first-order valence-electron chi connectivity index (χ1n) is 19.8. The van der Waals surface area contributed by atoms with E-state index in [0.717, 1.165) is 30.0 Å². The minimum Gasteiger partial charge on any atom is -0.507 e. The highest BCUT2D eigenvalue weighted by atomic mass is 16.3. The van der Waals surface area contributed by atoms with Gasteiger partial charge in [0.1, 0.15) is 5.75 Å². The second-order valence-corrected chi connectivity index (χ2v) is 15.9. The number of phenolic OH excluding ortho intramolecular Hbond substituents is 1. The summed E-state index contributed by atoms with van der Waals surface area (Å²) in [6.07, 6.45) is 12.4. The van der Waals surface area contributed by atoms with Crippen molar-refractivity contribution >= 4 is 44.0 Å². The van der Waals surface area contributed by atoms with Crippen molar-refractivity contribution in [2.24, 2.45) is 0 Å². The molecule has 0 aliphatic heterocycles. The average Bonchev–Trinajstić information content (AvgIpc) is 3.70. The fourth-order valence-electron chi connectivity index (χ4n) is 11.3. The van der Waals surface area contributed by atoms with Gasteiger partial charge in [0.25, 0.3) is 0 Å². The lowest BCUT2D eigenvalue weighted by atomic mass is 9.68. The molecule has 2 unspecified atom stereocenters. The van der Waals surface area contributed by atoms with Crippen molar-refractivity contribution in [1.29, 1.82) is 0 Å². The Balaban J connectivity index is 1.21. The van der Waals surface area contributed by atoms with Gasteiger partial charge in [-0.25, -0.2) is 0 Å². The maximum Gasteiger partial charge on any atom is 0.123 e. The summed E-state index contributed by atoms with van der Waals surface area (Å²) in [5.41, 5.74) is 18.4. The normalized spacial score (nSPS) is 18.9. The molecule has 12 rings (SSSR count). The second-order valence-electron chi connectivity index (χ2n) is 15.9. The standard InChI is InChI=1S/C54H38O/c1-32-15-12-24-40-43(31-33-16-13-30-48(55)50(33)49(32)40)52-38-21-4-2-19-36(38)51(37-20-3-5-22-39(37)52)42-25-14-29-47-53(42)41-23-8-11-28-46(41)54(47)44-26-9-6-17-34(44)35-18-7-10-27-45(35)54/h2-9,11-14,16-26,28-32,55H,10,15,27H2,1H3. The lowest BCUT2D eigenvalue weighted by Gasteiger charge is -2.33. The molecule has 1 spiro atoms. The van der Waals surface area contributed by atoms with Crippen molar-refractivity contribution in [3.05, 3.63) is 197 Å². The fraction of sp³-hybridized carbons (Fsp3) is 0.111. The summed E-state index contributed by atoms with van der Waals surface area (Å²) in [7, 11) is 0. The summed E-state index contributed by atoms with van der Waals surface area (Å²) in [6.45, 7) is 2.29. The Morgan fingerprint density at radius 2 is 1.15 bits per heavy atom. The highest BCUT2D eigenvalue weighted by molar-refractivity contribution is 6.24. The van der Waals surface area contributed by atoms with Gasteiger partial charge < -0.3 is 5.11 Å². The first-order valence-corrected chi connectivity index (χ1v) is 19.8. The summed E-state index contributed by atoms with van der Waals surface area (Å²) in [4.78, 5) is 0. The van der Waals surface area contributed by atoms with Crippen LogP contribution in [0.1, 0.15) is 65.5 Å². The van der Waals surface area contributed by atoms with Gasteiger partial charge >= 0.3 is 0 Å². The summed E-state index contributed by atoms with van der Waals surface area (Å²) >= 11 is 0. The van der Waals surface area contributed by atoms with Crippen molar-refractivity contribution in [1.82, 2.24) is 0 Å². The van der Waals surface area contributed by atoms with Crippen LogP contribution in [0.3, 0.4) is 0 Å². The van der Waals surface area contributed by atoms with E-state index in [1.165, 1.54) is 93.9 Å². The molecule has 0 bridgehead atoms. The summed E-state index contributed by atoms with van der Waals surface area (Å²) in [5, 5.41) is 18.3. The van der Waals surface area contributed by atoms with Crippen molar-refractivity contribution in [3.63, 3.8) is 0 Å². The third kappa shape index (κ3) is 3.93. The van der Waals surface area contributed by atoms with Gasteiger partial charge in [0.15, 0.2) is 0 Å². The zero-order chi connectivity index (χ0) is 36.4. The molecule has 0 saturated carbocycles. The largest absolute Gasteiger partial charge is 0.507 e. The van der Waals surface area contributed by atoms with Gasteiger partial charge in [-0.3, -0.25) is 0 Å². The molecule has 55 heavy (non-hydrogen) atoms. The van der Waals surface area contributed by atoms with Crippen LogP contribution < -0.4 is 0 Å². The van der Waals surface area contributed by atoms with E-state index < -0.39 is 0 Å². The Labute approximate surface area is 321 Å². The van der Waals surface area contributed by atoms with Crippen molar-refractivity contribution < 1.29 is 5.11 Å². The van der Waals surface area contributed by atoms with Crippen LogP contribution in [0.15, 0.2) is 163 Å². The molecule has 4 aliphatic rings. The number of benzene rings is 8. The molecule has 0 saturated heterocycles. The van der Waals surface area contributed by atoms with E-state index in [0.29, 0.717) is 11.7 Å². The molecule has 1 N–H and O–H groups in total. The predicted octanol–water partition coefficient (Wildman–Crippen LogP) is 14.1. The van der Waals surface area contributed by atoms with Crippen LogP contribution in [0.4, 0.5) is 0 Å². The Kier molecular flexibility index (Phi) is 6.36. The van der Waals surface area contributed by atoms with Gasteiger partial charge in [0, 0.05) is 5.39 Å². The van der Waals surface area contributed by atoms with E-state index in [-0.39, 0.29) is 5.41 Å². The molecular weight excluding hydrogens is 665 g/mol. The molecule has 1 nitrogen and oxygen atoms in total. The topological polar surface area (TPSA) is 20.2 Å². The Morgan fingerprint density at radius 3 is 1.89 bits per heavy atom. The SMILES string of the molecule is CC1CC=Cc2c(-c3c4ccccc4c(-c4cccc5c4-c4ccccc4C54C5=C(C=CCC5)c5ccccc54)c4ccccc34)cc3cccc(O)c3c21. The van der Waals surface area contributed by atoms with E-state index in [4.69, 9.17) is 0 Å². The number of rotatable bonds is 2. The van der Waals surface area contributed by atoms with Gasteiger partial charge in [-0.1, -0.05) is 159 Å². The maximum absolute atomic E-state index is 11.2. The van der Waals surface area contributed by atoms with E-state index in [2.05, 4.69) is 159 Å². The monoisotopic (exact) mass is 702 g/mol. The van der Waals surface area contributed by atoms with E-state index >= 15 is 0 Å². The minimum atomic E-state index is -0.317. The van der Waals surface area contributed by atoms with Crippen LogP contribution in [0, 0.1) is 0 Å². The van der Waals surface area contributed by atoms with Gasteiger partial charge in [-0.15, -0.1) is 0 Å². The Morgan fingerprint density at radius 1 is 0.545 bits per heavy atom. The molecule has 0 fully saturated rings. The second kappa shape index (κ2) is 11.3. The number of allylic oxidation sites excluding steroid dienone is 5. The molecular formula is C54H38O. The molecule has 0 heterocycles. The smallest absolute Gasteiger partial charge is 0.123 e. The third-order valence-electron chi connectivity index (χ3n) is 13.3. The van der Waals surface area contributed by atoms with Crippen LogP contribution in [-0.4, -0.2) is 5.11 Å². The van der Waals surface area contributed by atoms with E-state index in [9.17, 15) is 5.11 Å². The Hall–Kier alpha value is -6.44. The molecule has 260 valence electrons. The first-order chi connectivity index (χ1) is 27.2. The molecule has 1 heteroatoms. The zero-order valence-electron chi connectivity index (χ0n) is 30.7. The predicted molar refractivity (Wildman–Crippen MR) is 231 cm³/mol. The first kappa shape index (κ1) is 31.0. The van der Waals surface area contributed by atoms with E-state index in [1.807, 2.05) is 12.1 Å². The summed E-state index contributed by atoms with van der Waals surface area (Å²) < 4.78 is 0. The summed E-state index contributed by atoms with van der Waals surface area (Å²) in [5.74, 6) is 0.656. The van der Waals surface area contributed by atoms with Gasteiger partial charge in [-0.05, 0) is 142 Å². The quantitative estimate of drug-likeness (QED) is 0.178. The molecule has 2 atom stereocenters. The van der Waals surface area contributed by atoms with Crippen LogP contribution in [-0.2, 0) is 5.41 Å². The van der Waals surface area contributed by atoms with E-state index in [1.54, 1.807) is 5.57 Å². The number of aromatic hydroxyl groups is 1. The highest BCUT2D eigenvalue weighted by Crippen LogP contribution is 2.65. The number of fused-ring (bicyclic) bond motifs is 14. The number of phenols is 1. The Bertz CT molecular complexity index is 3040. The van der Waals surface area contributed by atoms with Crippen molar-refractivity contribution in [2.75, 3.05) is 0 Å². The molecule has 8 aromatic carbocycles. The third-order valence-corrected chi connectivity index (χ3v) is 13.3. The van der Waals surface area contributed by atoms with Crippen LogP contribution in [0.2, 0.25) is 0 Å². The average molecular weight is 703 g/mol. The maximum atomic E-state index is 11.2. The van der Waals surface area contributed by atoms with Crippen molar-refractivity contribution in [3.8, 4) is 39.1 Å². The van der Waals surface area contributed by atoms with Crippen LogP contribution in [0.5, 0.6) is 5.75 Å². The van der Waals surface area contributed by atoms with Gasteiger partial charge in [0.05, 0.1) is 5.41 Å². The zero-order valence-corrected chi connectivity index (χ0v) is 30.7. The number of hydrogen-bond donors (Lipinski definition) is 1. The lowest BCUT2D eigenvalue weighted by Crippen LogP contribution is -2.27. The van der Waals surface area contributed by atoms with Crippen molar-refractivity contribution in [2.45, 2.75) is 37.5 Å². The highest BCUT2D eigenvalue weighted by Gasteiger charge is 2.53. The van der Waals surface area contributed by atoms with Crippen LogP contribution >= 0.6 is 0 Å². The van der Waals surface area contributed by atoms with Gasteiger partial charge in [-0.2, -0.15) is 0 Å². The van der Waals surface area contributed by atoms with Gasteiger partial charge in [0.2, 0.25) is 0 Å². The molecule has 0 amide bonds.